The Morgan fingerprint density at radius 3 is 2.92 bits per heavy atom. The molecule has 0 aliphatic rings. The van der Waals surface area contributed by atoms with Crippen molar-refractivity contribution < 1.29 is 0 Å². The molecule has 0 aliphatic heterocycles. The number of aryl methyl sites for hydroxylation is 2. The van der Waals surface area contributed by atoms with Crippen molar-refractivity contribution in [2.24, 2.45) is 0 Å². The van der Waals surface area contributed by atoms with Gasteiger partial charge in [0.25, 0.3) is 0 Å². The maximum Gasteiger partial charge on any atom is 0.0938 e. The van der Waals surface area contributed by atoms with E-state index < -0.39 is 0 Å². The Kier molecular flexibility index (Phi) is 2.00. The molecule has 2 rings (SSSR count). The molecule has 3 heteroatoms. The fraction of sp³-hybridized carbons (Fsp3) is 0.300. The van der Waals surface area contributed by atoms with E-state index in [2.05, 4.69) is 18.1 Å². The summed E-state index contributed by atoms with van der Waals surface area (Å²) in [7, 11) is 0. The number of aromatic nitrogens is 2. The maximum atomic E-state index is 5.99. The van der Waals surface area contributed by atoms with E-state index in [1.165, 1.54) is 0 Å². The van der Waals surface area contributed by atoms with Crippen LogP contribution in [0.4, 0.5) is 0 Å². The monoisotopic (exact) mass is 194 g/mol. The Labute approximate surface area is 82.1 Å². The van der Waals surface area contributed by atoms with Crippen LogP contribution >= 0.6 is 11.6 Å². The third-order valence-electron chi connectivity index (χ3n) is 2.16. The molecule has 0 amide bonds. The fourth-order valence-electron chi connectivity index (χ4n) is 1.37. The summed E-state index contributed by atoms with van der Waals surface area (Å²) in [6.07, 6.45) is 2.04. The SMILES string of the molecule is CCn1cc2cc(C)c(Cl)cc2n1. The van der Waals surface area contributed by atoms with Gasteiger partial charge >= 0.3 is 0 Å². The predicted molar refractivity (Wildman–Crippen MR) is 55.2 cm³/mol. The van der Waals surface area contributed by atoms with Gasteiger partial charge in [0.2, 0.25) is 0 Å². The molecule has 0 saturated carbocycles. The van der Waals surface area contributed by atoms with Gasteiger partial charge in [-0.2, -0.15) is 5.10 Å². The van der Waals surface area contributed by atoms with Gasteiger partial charge < -0.3 is 0 Å². The molecule has 68 valence electrons. The van der Waals surface area contributed by atoms with E-state index in [1.54, 1.807) is 0 Å². The standard InChI is InChI=1S/C10H11ClN2/c1-3-13-6-8-4-7(2)9(11)5-10(8)12-13/h4-6H,3H2,1-2H3. The molecule has 0 fully saturated rings. The lowest BCUT2D eigenvalue weighted by molar-refractivity contribution is 0.668. The Balaban J connectivity index is 2.70. The summed E-state index contributed by atoms with van der Waals surface area (Å²) in [5.74, 6) is 0. The zero-order valence-electron chi connectivity index (χ0n) is 7.71. The second-order valence-electron chi connectivity index (χ2n) is 3.15. The average molecular weight is 195 g/mol. The van der Waals surface area contributed by atoms with Gasteiger partial charge in [0.1, 0.15) is 0 Å². The minimum Gasteiger partial charge on any atom is -0.272 e. The first kappa shape index (κ1) is 8.57. The van der Waals surface area contributed by atoms with E-state index in [0.717, 1.165) is 28.0 Å². The first-order chi connectivity index (χ1) is 6.20. The van der Waals surface area contributed by atoms with Crippen LogP contribution in [0.3, 0.4) is 0 Å². The summed E-state index contributed by atoms with van der Waals surface area (Å²) in [4.78, 5) is 0. The third-order valence-corrected chi connectivity index (χ3v) is 2.56. The topological polar surface area (TPSA) is 17.8 Å². The number of benzene rings is 1. The molecule has 2 aromatic rings. The predicted octanol–water partition coefficient (Wildman–Crippen LogP) is 3.02. The van der Waals surface area contributed by atoms with Crippen molar-refractivity contribution in [2.45, 2.75) is 20.4 Å². The van der Waals surface area contributed by atoms with Crippen LogP contribution < -0.4 is 0 Å². The highest BCUT2D eigenvalue weighted by atomic mass is 35.5. The quantitative estimate of drug-likeness (QED) is 0.683. The normalized spacial score (nSPS) is 11.0. The van der Waals surface area contributed by atoms with Gasteiger partial charge in [0.05, 0.1) is 5.52 Å². The van der Waals surface area contributed by atoms with Gasteiger partial charge in [-0.05, 0) is 31.5 Å². The molecule has 0 bridgehead atoms. The van der Waals surface area contributed by atoms with Crippen molar-refractivity contribution in [3.63, 3.8) is 0 Å². The molecule has 0 radical (unpaired) electrons. The summed E-state index contributed by atoms with van der Waals surface area (Å²) in [6, 6.07) is 3.98. The van der Waals surface area contributed by atoms with Crippen molar-refractivity contribution in [3.05, 3.63) is 28.9 Å². The van der Waals surface area contributed by atoms with Crippen LogP contribution in [0.2, 0.25) is 5.02 Å². The van der Waals surface area contributed by atoms with E-state index in [1.807, 2.05) is 23.9 Å². The second kappa shape index (κ2) is 3.04. The molecular weight excluding hydrogens is 184 g/mol. The van der Waals surface area contributed by atoms with Crippen molar-refractivity contribution >= 4 is 22.5 Å². The van der Waals surface area contributed by atoms with Crippen LogP contribution in [0.1, 0.15) is 12.5 Å². The van der Waals surface area contributed by atoms with Crippen LogP contribution in [-0.4, -0.2) is 9.78 Å². The second-order valence-corrected chi connectivity index (χ2v) is 3.55. The molecule has 13 heavy (non-hydrogen) atoms. The minimum absolute atomic E-state index is 0.786. The Bertz CT molecular complexity index is 406. The number of fused-ring (bicyclic) bond motifs is 1. The molecule has 1 heterocycles. The third kappa shape index (κ3) is 1.42. The van der Waals surface area contributed by atoms with E-state index >= 15 is 0 Å². The highest BCUT2D eigenvalue weighted by Gasteiger charge is 2.02. The van der Waals surface area contributed by atoms with Crippen LogP contribution in [0, 0.1) is 6.92 Å². The van der Waals surface area contributed by atoms with Crippen molar-refractivity contribution in [1.29, 1.82) is 0 Å². The summed E-state index contributed by atoms with van der Waals surface area (Å²) < 4.78 is 1.92. The van der Waals surface area contributed by atoms with Crippen LogP contribution in [-0.2, 0) is 6.54 Å². The number of rotatable bonds is 1. The molecule has 0 atom stereocenters. The lowest BCUT2D eigenvalue weighted by Crippen LogP contribution is -1.92. The fourth-order valence-corrected chi connectivity index (χ4v) is 1.53. The van der Waals surface area contributed by atoms with Crippen molar-refractivity contribution in [3.8, 4) is 0 Å². The number of nitrogens with zero attached hydrogens (tertiary/aromatic N) is 2. The van der Waals surface area contributed by atoms with E-state index in [9.17, 15) is 0 Å². The first-order valence-electron chi connectivity index (χ1n) is 4.34. The molecule has 2 nitrogen and oxygen atoms in total. The van der Waals surface area contributed by atoms with Crippen LogP contribution in [0.5, 0.6) is 0 Å². The molecule has 1 aromatic carbocycles. The summed E-state index contributed by atoms with van der Waals surface area (Å²) in [5.41, 5.74) is 2.07. The van der Waals surface area contributed by atoms with Crippen LogP contribution in [0.15, 0.2) is 18.3 Å². The van der Waals surface area contributed by atoms with Gasteiger partial charge in [-0.1, -0.05) is 11.6 Å². The maximum absolute atomic E-state index is 5.99. The van der Waals surface area contributed by atoms with Gasteiger partial charge in [-0.25, -0.2) is 0 Å². The first-order valence-corrected chi connectivity index (χ1v) is 4.72. The van der Waals surface area contributed by atoms with Gasteiger partial charge in [-0.15, -0.1) is 0 Å². The van der Waals surface area contributed by atoms with Crippen molar-refractivity contribution in [2.75, 3.05) is 0 Å². The lowest BCUT2D eigenvalue weighted by atomic mass is 10.2. The number of halogens is 1. The van der Waals surface area contributed by atoms with Crippen LogP contribution in [0.25, 0.3) is 10.9 Å². The molecule has 0 aliphatic carbocycles. The Morgan fingerprint density at radius 2 is 2.23 bits per heavy atom. The molecule has 0 N–H and O–H groups in total. The molecule has 0 spiro atoms. The Morgan fingerprint density at radius 1 is 1.46 bits per heavy atom. The van der Waals surface area contributed by atoms with E-state index in [4.69, 9.17) is 11.6 Å². The Hall–Kier alpha value is -1.02. The number of hydrogen-bond acceptors (Lipinski definition) is 1. The largest absolute Gasteiger partial charge is 0.272 e. The highest BCUT2D eigenvalue weighted by Crippen LogP contribution is 2.22. The van der Waals surface area contributed by atoms with Gasteiger partial charge in [0, 0.05) is 23.2 Å². The lowest BCUT2D eigenvalue weighted by Gasteiger charge is -1.94. The summed E-state index contributed by atoms with van der Waals surface area (Å²) >= 11 is 5.99. The zero-order valence-corrected chi connectivity index (χ0v) is 8.47. The zero-order chi connectivity index (χ0) is 9.42. The summed E-state index contributed by atoms with van der Waals surface area (Å²) in [6.45, 7) is 4.97. The van der Waals surface area contributed by atoms with E-state index in [-0.39, 0.29) is 0 Å². The van der Waals surface area contributed by atoms with Crippen molar-refractivity contribution in [1.82, 2.24) is 9.78 Å². The molecule has 1 aromatic heterocycles. The summed E-state index contributed by atoms with van der Waals surface area (Å²) in [5, 5.41) is 6.31. The number of hydrogen-bond donors (Lipinski definition) is 0. The van der Waals surface area contributed by atoms with Gasteiger partial charge in [-0.3, -0.25) is 4.68 Å². The average Bonchev–Trinajstić information content (AvgIpc) is 2.48. The molecular formula is C10H11ClN2. The van der Waals surface area contributed by atoms with Gasteiger partial charge in [0.15, 0.2) is 0 Å². The smallest absolute Gasteiger partial charge is 0.0938 e. The highest BCUT2D eigenvalue weighted by molar-refractivity contribution is 6.32. The van der Waals surface area contributed by atoms with E-state index in [0.29, 0.717) is 0 Å². The molecule has 0 unspecified atom stereocenters. The minimum atomic E-state index is 0.786. The molecule has 0 saturated heterocycles.